The number of halogens is 3. The molecule has 2 aromatic carbocycles. The first kappa shape index (κ1) is 20.9. The SMILES string of the molecule is COc1ccc(-c2nsc3ccc(-n4c(=O)cc(C(F)(F)F)n(C)c4=O)cc23)cc1C. The van der Waals surface area contributed by atoms with Crippen molar-refractivity contribution in [1.82, 2.24) is 13.5 Å². The van der Waals surface area contributed by atoms with Gasteiger partial charge >= 0.3 is 11.9 Å². The van der Waals surface area contributed by atoms with E-state index in [1.165, 1.54) is 17.6 Å². The molecule has 0 saturated heterocycles. The number of benzene rings is 2. The number of nitrogens with zero attached hydrogens (tertiary/aromatic N) is 3. The summed E-state index contributed by atoms with van der Waals surface area (Å²) in [6, 6.07) is 10.8. The average Bonchev–Trinajstić information content (AvgIpc) is 3.13. The van der Waals surface area contributed by atoms with Crippen molar-refractivity contribution in [2.24, 2.45) is 7.05 Å². The zero-order chi connectivity index (χ0) is 22.5. The Morgan fingerprint density at radius 1 is 1.06 bits per heavy atom. The number of ether oxygens (including phenoxy) is 1. The molecule has 0 aliphatic carbocycles. The first-order chi connectivity index (χ1) is 14.6. The lowest BCUT2D eigenvalue weighted by Gasteiger charge is -2.14. The molecule has 0 unspecified atom stereocenters. The molecule has 4 rings (SSSR count). The zero-order valence-electron chi connectivity index (χ0n) is 16.6. The maximum absolute atomic E-state index is 13.1. The van der Waals surface area contributed by atoms with Gasteiger partial charge in [0.2, 0.25) is 0 Å². The van der Waals surface area contributed by atoms with Gasteiger partial charge in [0.25, 0.3) is 5.56 Å². The second-order valence-corrected chi connectivity index (χ2v) is 7.74. The minimum absolute atomic E-state index is 0.165. The van der Waals surface area contributed by atoms with Gasteiger partial charge in [-0.1, -0.05) is 0 Å². The third-order valence-corrected chi connectivity index (χ3v) is 5.82. The Balaban J connectivity index is 1.91. The first-order valence-electron chi connectivity index (χ1n) is 9.07. The standard InChI is InChI=1S/C21H16F3N3O3S/c1-11-8-12(4-6-15(11)30-3)19-14-9-13(5-7-16(14)31-25-19)27-18(28)10-17(21(22,23)24)26(2)20(27)29/h4-10H,1-3H3. The van der Waals surface area contributed by atoms with Crippen LogP contribution in [0, 0.1) is 6.92 Å². The largest absolute Gasteiger partial charge is 0.496 e. The van der Waals surface area contributed by atoms with Crippen molar-refractivity contribution in [3.8, 4) is 22.7 Å². The summed E-state index contributed by atoms with van der Waals surface area (Å²) >= 11 is 1.25. The Bertz CT molecular complexity index is 1430. The number of fused-ring (bicyclic) bond motifs is 1. The molecule has 2 heterocycles. The molecule has 0 N–H and O–H groups in total. The van der Waals surface area contributed by atoms with Crippen LogP contribution < -0.4 is 16.0 Å². The molecule has 160 valence electrons. The van der Waals surface area contributed by atoms with Crippen LogP contribution in [-0.2, 0) is 13.2 Å². The summed E-state index contributed by atoms with van der Waals surface area (Å²) in [7, 11) is 2.56. The normalized spacial score (nSPS) is 11.8. The smallest absolute Gasteiger partial charge is 0.431 e. The van der Waals surface area contributed by atoms with Crippen molar-refractivity contribution >= 4 is 21.6 Å². The number of methoxy groups -OCH3 is 1. The summed E-state index contributed by atoms with van der Waals surface area (Å²) < 4.78 is 51.1. The van der Waals surface area contributed by atoms with Gasteiger partial charge in [-0.15, -0.1) is 0 Å². The van der Waals surface area contributed by atoms with Crippen molar-refractivity contribution in [3.63, 3.8) is 0 Å². The van der Waals surface area contributed by atoms with Crippen molar-refractivity contribution in [1.29, 1.82) is 0 Å². The minimum atomic E-state index is -4.81. The molecule has 0 saturated carbocycles. The van der Waals surface area contributed by atoms with Gasteiger partial charge in [-0.2, -0.15) is 17.5 Å². The van der Waals surface area contributed by atoms with Gasteiger partial charge in [0.15, 0.2) is 0 Å². The molecule has 6 nitrogen and oxygen atoms in total. The number of hydrogen-bond donors (Lipinski definition) is 0. The zero-order valence-corrected chi connectivity index (χ0v) is 17.5. The van der Waals surface area contributed by atoms with Gasteiger partial charge in [-0.05, 0) is 60.4 Å². The highest BCUT2D eigenvalue weighted by molar-refractivity contribution is 7.13. The number of alkyl halides is 3. The van der Waals surface area contributed by atoms with Crippen molar-refractivity contribution in [2.45, 2.75) is 13.1 Å². The van der Waals surface area contributed by atoms with Crippen LogP contribution in [0.2, 0.25) is 0 Å². The highest BCUT2D eigenvalue weighted by Gasteiger charge is 2.35. The summed E-state index contributed by atoms with van der Waals surface area (Å²) in [5, 5.41) is 0.681. The molecule has 0 spiro atoms. The predicted octanol–water partition coefficient (Wildman–Crippen LogP) is 4.15. The molecule has 4 aromatic rings. The summed E-state index contributed by atoms with van der Waals surface area (Å²) in [6.45, 7) is 1.90. The Morgan fingerprint density at radius 3 is 2.45 bits per heavy atom. The molecular formula is C21H16F3N3O3S. The fraction of sp³-hybridized carbons (Fsp3) is 0.190. The van der Waals surface area contributed by atoms with E-state index in [1.54, 1.807) is 19.2 Å². The van der Waals surface area contributed by atoms with Crippen molar-refractivity contribution in [3.05, 3.63) is 74.6 Å². The Labute approximate surface area is 177 Å². The molecule has 10 heteroatoms. The van der Waals surface area contributed by atoms with E-state index in [2.05, 4.69) is 4.37 Å². The predicted molar refractivity (Wildman–Crippen MR) is 112 cm³/mol. The Kier molecular flexibility index (Phi) is 4.97. The van der Waals surface area contributed by atoms with E-state index < -0.39 is 23.1 Å². The summed E-state index contributed by atoms with van der Waals surface area (Å²) in [5.41, 5.74) is -0.905. The second-order valence-electron chi connectivity index (χ2n) is 6.94. The van der Waals surface area contributed by atoms with Gasteiger partial charge in [0, 0.05) is 24.1 Å². The van der Waals surface area contributed by atoms with Gasteiger partial charge in [-0.25, -0.2) is 9.36 Å². The molecule has 0 amide bonds. The summed E-state index contributed by atoms with van der Waals surface area (Å²) in [6.07, 6.45) is -4.81. The second kappa shape index (κ2) is 7.38. The number of rotatable bonds is 3. The van der Waals surface area contributed by atoms with E-state index in [9.17, 15) is 22.8 Å². The topological polar surface area (TPSA) is 66.1 Å². The van der Waals surface area contributed by atoms with Crippen LogP contribution in [0.3, 0.4) is 0 Å². The van der Waals surface area contributed by atoms with Crippen molar-refractivity contribution in [2.75, 3.05) is 7.11 Å². The average molecular weight is 447 g/mol. The van der Waals surface area contributed by atoms with E-state index in [0.29, 0.717) is 21.7 Å². The fourth-order valence-corrected chi connectivity index (χ4v) is 4.21. The molecule has 2 aromatic heterocycles. The summed E-state index contributed by atoms with van der Waals surface area (Å²) in [5.74, 6) is 0.726. The lowest BCUT2D eigenvalue weighted by molar-refractivity contribution is -0.144. The Morgan fingerprint density at radius 2 is 1.81 bits per heavy atom. The van der Waals surface area contributed by atoms with Gasteiger partial charge in [-0.3, -0.25) is 9.36 Å². The molecule has 0 bridgehead atoms. The van der Waals surface area contributed by atoms with Gasteiger partial charge in [0.05, 0.1) is 23.2 Å². The molecule has 0 aliphatic rings. The molecule has 0 atom stereocenters. The van der Waals surface area contributed by atoms with Crippen LogP contribution in [0.5, 0.6) is 5.75 Å². The number of hydrogen-bond acceptors (Lipinski definition) is 5. The molecule has 31 heavy (non-hydrogen) atoms. The van der Waals surface area contributed by atoms with Crippen LogP contribution >= 0.6 is 11.5 Å². The highest BCUT2D eigenvalue weighted by atomic mass is 32.1. The van der Waals surface area contributed by atoms with E-state index in [1.807, 2.05) is 25.1 Å². The van der Waals surface area contributed by atoms with Crippen LogP contribution in [0.15, 0.2) is 52.1 Å². The third-order valence-electron chi connectivity index (χ3n) is 4.99. The molecule has 0 radical (unpaired) electrons. The molecule has 0 aliphatic heterocycles. The number of aryl methyl sites for hydroxylation is 1. The summed E-state index contributed by atoms with van der Waals surface area (Å²) in [4.78, 5) is 25.0. The number of aromatic nitrogens is 3. The third kappa shape index (κ3) is 3.52. The molecule has 0 fully saturated rings. The van der Waals surface area contributed by atoms with E-state index in [4.69, 9.17) is 4.74 Å². The maximum atomic E-state index is 13.1. The van der Waals surface area contributed by atoms with Crippen molar-refractivity contribution < 1.29 is 17.9 Å². The maximum Gasteiger partial charge on any atom is 0.431 e. The lowest BCUT2D eigenvalue weighted by Crippen LogP contribution is -2.40. The van der Waals surface area contributed by atoms with Crippen LogP contribution in [0.1, 0.15) is 11.3 Å². The van der Waals surface area contributed by atoms with Crippen LogP contribution in [0.4, 0.5) is 13.2 Å². The van der Waals surface area contributed by atoms with Crippen LogP contribution in [0.25, 0.3) is 27.0 Å². The van der Waals surface area contributed by atoms with Gasteiger partial charge < -0.3 is 4.74 Å². The van der Waals surface area contributed by atoms with Crippen LogP contribution in [-0.4, -0.2) is 20.6 Å². The van der Waals surface area contributed by atoms with E-state index in [-0.39, 0.29) is 5.69 Å². The monoisotopic (exact) mass is 447 g/mol. The molecular weight excluding hydrogens is 431 g/mol. The minimum Gasteiger partial charge on any atom is -0.496 e. The first-order valence-corrected chi connectivity index (χ1v) is 9.84. The highest BCUT2D eigenvalue weighted by Crippen LogP contribution is 2.34. The lowest BCUT2D eigenvalue weighted by atomic mass is 10.0. The van der Waals surface area contributed by atoms with E-state index in [0.717, 1.165) is 33.2 Å². The quantitative estimate of drug-likeness (QED) is 0.473. The fourth-order valence-electron chi connectivity index (χ4n) is 3.43. The Hall–Kier alpha value is -3.40. The van der Waals surface area contributed by atoms with Gasteiger partial charge in [0.1, 0.15) is 11.4 Å². The van der Waals surface area contributed by atoms with E-state index >= 15 is 0 Å².